The lowest BCUT2D eigenvalue weighted by atomic mass is 10.3. The van der Waals surface area contributed by atoms with Crippen molar-refractivity contribution in [1.82, 2.24) is 20.4 Å². The summed E-state index contributed by atoms with van der Waals surface area (Å²) in [6.07, 6.45) is 2.22. The Bertz CT molecular complexity index is 691. The molecule has 0 aromatic carbocycles. The van der Waals surface area contributed by atoms with Crippen molar-refractivity contribution in [3.8, 4) is 0 Å². The molecular weight excluding hydrogens is 282 g/mol. The average molecular weight is 301 g/mol. The third-order valence-corrected chi connectivity index (χ3v) is 3.49. The monoisotopic (exact) mass is 301 g/mol. The molecule has 3 rings (SSSR count). The Kier molecular flexibility index (Phi) is 3.79. The van der Waals surface area contributed by atoms with E-state index in [0.717, 1.165) is 30.1 Å². The van der Waals surface area contributed by atoms with E-state index in [9.17, 15) is 4.79 Å². The SMILES string of the molecule is Cc1cc(N(C)C)nc(CNC(=O)c2cc(C3CC3)on2)n1. The molecule has 2 aromatic heterocycles. The standard InChI is InChI=1S/C15H19N5O2/c1-9-6-14(20(2)3)18-13(17-9)8-16-15(21)11-7-12(22-19-11)10-4-5-10/h6-7,10H,4-5,8H2,1-3H3,(H,16,21). The van der Waals surface area contributed by atoms with Crippen LogP contribution in [0.25, 0.3) is 0 Å². The van der Waals surface area contributed by atoms with Crippen LogP contribution in [0, 0.1) is 6.92 Å². The molecule has 1 fully saturated rings. The highest BCUT2D eigenvalue weighted by atomic mass is 16.5. The van der Waals surface area contributed by atoms with Crippen LogP contribution >= 0.6 is 0 Å². The van der Waals surface area contributed by atoms with Crippen LogP contribution in [-0.2, 0) is 6.54 Å². The summed E-state index contributed by atoms with van der Waals surface area (Å²) in [5, 5.41) is 6.59. The van der Waals surface area contributed by atoms with Crippen LogP contribution in [0.2, 0.25) is 0 Å². The number of aromatic nitrogens is 3. The van der Waals surface area contributed by atoms with E-state index >= 15 is 0 Å². The van der Waals surface area contributed by atoms with Crippen LogP contribution in [0.5, 0.6) is 0 Å². The van der Waals surface area contributed by atoms with Crippen molar-refractivity contribution >= 4 is 11.7 Å². The van der Waals surface area contributed by atoms with Crippen LogP contribution < -0.4 is 10.2 Å². The Morgan fingerprint density at radius 3 is 2.82 bits per heavy atom. The zero-order chi connectivity index (χ0) is 15.7. The van der Waals surface area contributed by atoms with Gasteiger partial charge in [-0.15, -0.1) is 0 Å². The molecule has 1 aliphatic rings. The lowest BCUT2D eigenvalue weighted by Gasteiger charge is -2.13. The molecule has 0 saturated heterocycles. The number of nitrogens with zero attached hydrogens (tertiary/aromatic N) is 4. The molecule has 0 spiro atoms. The number of amides is 1. The molecule has 1 saturated carbocycles. The zero-order valence-electron chi connectivity index (χ0n) is 13.0. The van der Waals surface area contributed by atoms with Gasteiger partial charge in [0.1, 0.15) is 17.4 Å². The summed E-state index contributed by atoms with van der Waals surface area (Å²) in [5.41, 5.74) is 1.17. The van der Waals surface area contributed by atoms with Gasteiger partial charge in [0.15, 0.2) is 5.69 Å². The van der Waals surface area contributed by atoms with Gasteiger partial charge in [0.2, 0.25) is 0 Å². The molecule has 0 unspecified atom stereocenters. The number of aryl methyl sites for hydroxylation is 1. The van der Waals surface area contributed by atoms with E-state index in [1.54, 1.807) is 6.07 Å². The molecule has 1 aliphatic carbocycles. The van der Waals surface area contributed by atoms with E-state index in [2.05, 4.69) is 20.4 Å². The Balaban J connectivity index is 1.64. The predicted octanol–water partition coefficient (Wildman–Crippen LogP) is 1.65. The molecule has 0 atom stereocenters. The third kappa shape index (κ3) is 3.24. The van der Waals surface area contributed by atoms with Gasteiger partial charge in [-0.1, -0.05) is 5.16 Å². The molecule has 116 valence electrons. The predicted molar refractivity (Wildman–Crippen MR) is 80.7 cm³/mol. The minimum atomic E-state index is -0.271. The number of nitrogens with one attached hydrogen (secondary N) is 1. The normalized spacial score (nSPS) is 14.0. The van der Waals surface area contributed by atoms with Crippen molar-refractivity contribution in [2.24, 2.45) is 0 Å². The number of hydrogen-bond acceptors (Lipinski definition) is 6. The first-order valence-electron chi connectivity index (χ1n) is 7.29. The largest absolute Gasteiger partial charge is 0.363 e. The highest BCUT2D eigenvalue weighted by molar-refractivity contribution is 5.92. The molecule has 2 heterocycles. The van der Waals surface area contributed by atoms with Crippen molar-refractivity contribution < 1.29 is 9.32 Å². The van der Waals surface area contributed by atoms with Gasteiger partial charge in [-0.05, 0) is 19.8 Å². The molecule has 0 radical (unpaired) electrons. The second-order valence-electron chi connectivity index (χ2n) is 5.75. The number of carbonyl (C=O) groups excluding carboxylic acids is 1. The van der Waals surface area contributed by atoms with E-state index in [-0.39, 0.29) is 12.5 Å². The quantitative estimate of drug-likeness (QED) is 0.904. The Morgan fingerprint density at radius 1 is 1.36 bits per heavy atom. The van der Waals surface area contributed by atoms with Crippen LogP contribution in [0.1, 0.15) is 46.5 Å². The topological polar surface area (TPSA) is 84.2 Å². The number of rotatable bonds is 5. The van der Waals surface area contributed by atoms with Gasteiger partial charge in [0, 0.05) is 37.8 Å². The van der Waals surface area contributed by atoms with Gasteiger partial charge < -0.3 is 14.7 Å². The van der Waals surface area contributed by atoms with Gasteiger partial charge in [-0.25, -0.2) is 9.97 Å². The summed E-state index contributed by atoms with van der Waals surface area (Å²) < 4.78 is 5.18. The summed E-state index contributed by atoms with van der Waals surface area (Å²) in [4.78, 5) is 22.7. The Morgan fingerprint density at radius 2 is 2.14 bits per heavy atom. The second kappa shape index (κ2) is 5.75. The fourth-order valence-electron chi connectivity index (χ4n) is 2.13. The van der Waals surface area contributed by atoms with Gasteiger partial charge in [0.25, 0.3) is 5.91 Å². The number of carbonyl (C=O) groups is 1. The van der Waals surface area contributed by atoms with Crippen molar-refractivity contribution in [3.63, 3.8) is 0 Å². The zero-order valence-corrected chi connectivity index (χ0v) is 13.0. The maximum absolute atomic E-state index is 12.1. The molecule has 0 aliphatic heterocycles. The Hall–Kier alpha value is -2.44. The maximum atomic E-state index is 12.1. The number of hydrogen-bond donors (Lipinski definition) is 1. The van der Waals surface area contributed by atoms with E-state index in [0.29, 0.717) is 17.4 Å². The minimum absolute atomic E-state index is 0.257. The van der Waals surface area contributed by atoms with Crippen molar-refractivity contribution in [2.75, 3.05) is 19.0 Å². The maximum Gasteiger partial charge on any atom is 0.273 e. The van der Waals surface area contributed by atoms with Gasteiger partial charge in [0.05, 0.1) is 6.54 Å². The van der Waals surface area contributed by atoms with Crippen LogP contribution in [0.4, 0.5) is 5.82 Å². The van der Waals surface area contributed by atoms with Crippen LogP contribution in [0.3, 0.4) is 0 Å². The highest BCUT2D eigenvalue weighted by Crippen LogP contribution is 2.40. The van der Waals surface area contributed by atoms with E-state index in [4.69, 9.17) is 4.52 Å². The van der Waals surface area contributed by atoms with Gasteiger partial charge >= 0.3 is 0 Å². The summed E-state index contributed by atoms with van der Waals surface area (Å²) in [6.45, 7) is 2.16. The van der Waals surface area contributed by atoms with Crippen LogP contribution in [0.15, 0.2) is 16.7 Å². The molecule has 0 bridgehead atoms. The first-order valence-corrected chi connectivity index (χ1v) is 7.29. The minimum Gasteiger partial charge on any atom is -0.363 e. The summed E-state index contributed by atoms with van der Waals surface area (Å²) in [6, 6.07) is 3.61. The highest BCUT2D eigenvalue weighted by Gasteiger charge is 2.28. The number of anilines is 1. The molecular formula is C15H19N5O2. The smallest absolute Gasteiger partial charge is 0.273 e. The van der Waals surface area contributed by atoms with E-state index in [1.807, 2.05) is 32.0 Å². The molecule has 7 heteroatoms. The van der Waals surface area contributed by atoms with E-state index < -0.39 is 0 Å². The fourth-order valence-corrected chi connectivity index (χ4v) is 2.13. The van der Waals surface area contributed by atoms with Crippen LogP contribution in [-0.4, -0.2) is 35.1 Å². The molecule has 7 nitrogen and oxygen atoms in total. The van der Waals surface area contributed by atoms with Gasteiger partial charge in [-0.2, -0.15) is 0 Å². The van der Waals surface area contributed by atoms with Crippen molar-refractivity contribution in [3.05, 3.63) is 35.1 Å². The third-order valence-electron chi connectivity index (χ3n) is 3.49. The summed E-state index contributed by atoms with van der Waals surface area (Å²) in [7, 11) is 3.83. The lowest BCUT2D eigenvalue weighted by Crippen LogP contribution is -2.25. The van der Waals surface area contributed by atoms with E-state index in [1.165, 1.54) is 0 Å². The first-order chi connectivity index (χ1) is 10.5. The molecule has 2 aromatic rings. The lowest BCUT2D eigenvalue weighted by molar-refractivity contribution is 0.0940. The second-order valence-corrected chi connectivity index (χ2v) is 5.75. The molecule has 22 heavy (non-hydrogen) atoms. The molecule has 1 N–H and O–H groups in total. The van der Waals surface area contributed by atoms with Gasteiger partial charge in [-0.3, -0.25) is 4.79 Å². The van der Waals surface area contributed by atoms with Crippen molar-refractivity contribution in [2.45, 2.75) is 32.2 Å². The Labute approximate surface area is 128 Å². The molecule has 1 amide bonds. The summed E-state index contributed by atoms with van der Waals surface area (Å²) in [5.74, 6) is 2.35. The average Bonchev–Trinajstić information content (AvgIpc) is 3.21. The fraction of sp³-hybridized carbons (Fsp3) is 0.467. The first kappa shape index (κ1) is 14.5. The summed E-state index contributed by atoms with van der Waals surface area (Å²) >= 11 is 0. The van der Waals surface area contributed by atoms with Crippen molar-refractivity contribution in [1.29, 1.82) is 0 Å².